The number of fused-ring (bicyclic) bond motifs is 14. The Labute approximate surface area is 278 Å². The van der Waals surface area contributed by atoms with Gasteiger partial charge in [-0.2, -0.15) is 0 Å². The number of furan rings is 1. The molecule has 7 aromatic carbocycles. The van der Waals surface area contributed by atoms with Crippen molar-refractivity contribution in [2.75, 3.05) is 9.80 Å². The van der Waals surface area contributed by atoms with Crippen molar-refractivity contribution in [1.29, 1.82) is 0 Å². The topological polar surface area (TPSA) is 19.6 Å². The van der Waals surface area contributed by atoms with Crippen molar-refractivity contribution in [2.45, 2.75) is 5.41 Å². The minimum atomic E-state index is -0.531. The quantitative estimate of drug-likeness (QED) is 0.194. The van der Waals surface area contributed by atoms with Crippen LogP contribution >= 0.6 is 0 Å². The first-order valence-electron chi connectivity index (χ1n) is 16.5. The Morgan fingerprint density at radius 3 is 1.62 bits per heavy atom. The van der Waals surface area contributed by atoms with Gasteiger partial charge in [-0.3, -0.25) is 0 Å². The summed E-state index contributed by atoms with van der Waals surface area (Å²) in [6.45, 7) is 0. The highest BCUT2D eigenvalue weighted by atomic mass is 16.3. The van der Waals surface area contributed by atoms with Gasteiger partial charge in [0.2, 0.25) is 0 Å². The molecule has 0 amide bonds. The molecule has 3 heteroatoms. The van der Waals surface area contributed by atoms with Crippen LogP contribution in [-0.2, 0) is 5.41 Å². The first kappa shape index (κ1) is 25.8. The molecule has 1 aliphatic heterocycles. The lowest BCUT2D eigenvalue weighted by Gasteiger charge is -2.40. The zero-order valence-corrected chi connectivity index (χ0v) is 26.0. The summed E-state index contributed by atoms with van der Waals surface area (Å²) in [4.78, 5) is 4.80. The van der Waals surface area contributed by atoms with Gasteiger partial charge in [-0.25, -0.2) is 0 Å². The first-order valence-corrected chi connectivity index (χ1v) is 16.5. The summed E-state index contributed by atoms with van der Waals surface area (Å²) in [5, 5.41) is 1.17. The molecule has 0 fully saturated rings. The van der Waals surface area contributed by atoms with Crippen LogP contribution in [0.25, 0.3) is 33.2 Å². The van der Waals surface area contributed by atoms with E-state index >= 15 is 0 Å². The van der Waals surface area contributed by atoms with Crippen LogP contribution in [0, 0.1) is 0 Å². The maximum absolute atomic E-state index is 6.92. The predicted molar refractivity (Wildman–Crippen MR) is 195 cm³/mol. The van der Waals surface area contributed by atoms with E-state index in [-0.39, 0.29) is 0 Å². The highest BCUT2D eigenvalue weighted by Crippen LogP contribution is 2.65. The average molecular weight is 613 g/mol. The Morgan fingerprint density at radius 2 is 0.917 bits per heavy atom. The number of rotatable bonds is 2. The molecule has 2 heterocycles. The fraction of sp³-hybridized carbons (Fsp3) is 0.0222. The highest BCUT2D eigenvalue weighted by Gasteiger charge is 2.55. The van der Waals surface area contributed by atoms with Crippen molar-refractivity contribution >= 4 is 45.1 Å². The standard InChI is InChI=1S/C45H28N2O/c1-2-14-29(15-3-1)46-38-21-9-11-23-40(38)47(41-24-12-10-22-39(41)46)30-26-27-37-34(28-30)31-16-4-7-19-35(31)45(37)36-20-8-5-17-32(36)43-33-18-6-13-25-42(33)48-44(43)45/h1-28H. The Bertz CT molecular complexity index is 2550. The third kappa shape index (κ3) is 3.13. The summed E-state index contributed by atoms with van der Waals surface area (Å²) in [7, 11) is 0. The molecular weight excluding hydrogens is 585 g/mol. The van der Waals surface area contributed by atoms with Crippen molar-refractivity contribution in [3.8, 4) is 22.3 Å². The summed E-state index contributed by atoms with van der Waals surface area (Å²) in [5.74, 6) is 1.02. The Hall–Kier alpha value is -6.32. The number of nitrogens with zero attached hydrogens (tertiary/aromatic N) is 2. The van der Waals surface area contributed by atoms with Gasteiger partial charge in [-0.1, -0.05) is 115 Å². The van der Waals surface area contributed by atoms with Crippen LogP contribution in [-0.4, -0.2) is 0 Å². The summed E-state index contributed by atoms with van der Waals surface area (Å²) in [6, 6.07) is 61.4. The molecule has 1 atom stereocenters. The fourth-order valence-corrected chi connectivity index (χ4v) is 8.75. The molecule has 2 aliphatic carbocycles. The molecule has 0 N–H and O–H groups in total. The number of hydrogen-bond acceptors (Lipinski definition) is 3. The van der Waals surface area contributed by atoms with Gasteiger partial charge < -0.3 is 14.2 Å². The van der Waals surface area contributed by atoms with Crippen LogP contribution in [0.2, 0.25) is 0 Å². The Morgan fingerprint density at radius 1 is 0.396 bits per heavy atom. The van der Waals surface area contributed by atoms with Crippen molar-refractivity contribution in [2.24, 2.45) is 0 Å². The van der Waals surface area contributed by atoms with Crippen molar-refractivity contribution in [3.05, 3.63) is 192 Å². The largest absolute Gasteiger partial charge is 0.459 e. The molecule has 3 aliphatic rings. The van der Waals surface area contributed by atoms with Gasteiger partial charge >= 0.3 is 0 Å². The third-order valence-corrected chi connectivity index (χ3v) is 10.6. The van der Waals surface area contributed by atoms with E-state index in [4.69, 9.17) is 4.42 Å². The highest BCUT2D eigenvalue weighted by molar-refractivity contribution is 6.06. The van der Waals surface area contributed by atoms with Crippen molar-refractivity contribution < 1.29 is 4.42 Å². The van der Waals surface area contributed by atoms with Crippen molar-refractivity contribution in [3.63, 3.8) is 0 Å². The molecule has 1 spiro atoms. The SMILES string of the molecule is c1ccc(N2c3ccccc3N(c3ccc4c(c3)-c3ccccc3C43c4ccccc4-c4c3oc3ccccc43)c3ccccc32)cc1. The summed E-state index contributed by atoms with van der Waals surface area (Å²) >= 11 is 0. The lowest BCUT2D eigenvalue weighted by Crippen LogP contribution is -2.26. The van der Waals surface area contributed by atoms with Crippen LogP contribution in [0.15, 0.2) is 174 Å². The second-order valence-corrected chi connectivity index (χ2v) is 12.9. The van der Waals surface area contributed by atoms with Gasteiger partial charge in [0.1, 0.15) is 16.8 Å². The van der Waals surface area contributed by atoms with E-state index in [2.05, 4.69) is 180 Å². The van der Waals surface area contributed by atoms with E-state index in [9.17, 15) is 0 Å². The molecule has 1 unspecified atom stereocenters. The lowest BCUT2D eigenvalue weighted by molar-refractivity contribution is 0.507. The van der Waals surface area contributed by atoms with E-state index in [1.54, 1.807) is 0 Å². The average Bonchev–Trinajstić information content (AvgIpc) is 3.77. The van der Waals surface area contributed by atoms with Gasteiger partial charge in [-0.05, 0) is 88.0 Å². The molecular formula is C45H28N2O. The molecule has 1 aromatic heterocycles. The Kier molecular flexibility index (Phi) is 5.04. The maximum Gasteiger partial charge on any atom is 0.135 e. The molecule has 0 bridgehead atoms. The third-order valence-electron chi connectivity index (χ3n) is 10.6. The second kappa shape index (κ2) is 9.37. The van der Waals surface area contributed by atoms with Crippen LogP contribution in [0.1, 0.15) is 22.5 Å². The molecule has 0 saturated heterocycles. The molecule has 0 radical (unpaired) electrons. The van der Waals surface area contributed by atoms with Gasteiger partial charge in [0.15, 0.2) is 0 Å². The number of benzene rings is 7. The lowest BCUT2D eigenvalue weighted by atomic mass is 9.73. The van der Waals surface area contributed by atoms with Gasteiger partial charge in [0, 0.05) is 22.3 Å². The zero-order chi connectivity index (χ0) is 31.4. The second-order valence-electron chi connectivity index (χ2n) is 12.9. The Balaban J connectivity index is 1.18. The van der Waals surface area contributed by atoms with E-state index in [1.807, 2.05) is 0 Å². The molecule has 0 saturated carbocycles. The number of anilines is 6. The van der Waals surface area contributed by atoms with Crippen LogP contribution in [0.4, 0.5) is 34.1 Å². The van der Waals surface area contributed by atoms with Gasteiger partial charge in [-0.15, -0.1) is 0 Å². The van der Waals surface area contributed by atoms with Gasteiger partial charge in [0.05, 0.1) is 22.7 Å². The van der Waals surface area contributed by atoms with Crippen molar-refractivity contribution in [1.82, 2.24) is 0 Å². The molecule has 48 heavy (non-hydrogen) atoms. The van der Waals surface area contributed by atoms with E-state index in [1.165, 1.54) is 44.3 Å². The summed E-state index contributed by atoms with van der Waals surface area (Å²) in [5.41, 5.74) is 16.1. The number of hydrogen-bond donors (Lipinski definition) is 0. The monoisotopic (exact) mass is 612 g/mol. The van der Waals surface area contributed by atoms with Crippen LogP contribution < -0.4 is 9.80 Å². The smallest absolute Gasteiger partial charge is 0.135 e. The molecule has 224 valence electrons. The fourth-order valence-electron chi connectivity index (χ4n) is 8.75. The maximum atomic E-state index is 6.92. The van der Waals surface area contributed by atoms with Crippen LogP contribution in [0.3, 0.4) is 0 Å². The first-order chi connectivity index (χ1) is 23.8. The molecule has 11 rings (SSSR count). The molecule has 8 aromatic rings. The minimum absolute atomic E-state index is 0.531. The van der Waals surface area contributed by atoms with Crippen LogP contribution in [0.5, 0.6) is 0 Å². The number of para-hydroxylation sites is 6. The normalized spacial score (nSPS) is 16.3. The van der Waals surface area contributed by atoms with E-state index in [0.717, 1.165) is 45.5 Å². The minimum Gasteiger partial charge on any atom is -0.459 e. The van der Waals surface area contributed by atoms with Gasteiger partial charge in [0.25, 0.3) is 0 Å². The van der Waals surface area contributed by atoms with E-state index < -0.39 is 5.41 Å². The predicted octanol–water partition coefficient (Wildman–Crippen LogP) is 12.0. The summed E-state index contributed by atoms with van der Waals surface area (Å²) < 4.78 is 6.92. The summed E-state index contributed by atoms with van der Waals surface area (Å²) in [6.07, 6.45) is 0. The molecule has 3 nitrogen and oxygen atoms in total. The zero-order valence-electron chi connectivity index (χ0n) is 26.0. The van der Waals surface area contributed by atoms with E-state index in [0.29, 0.717) is 0 Å².